The van der Waals surface area contributed by atoms with E-state index in [0.29, 0.717) is 28.6 Å². The number of halogens is 2. The minimum atomic E-state index is -0.754. The summed E-state index contributed by atoms with van der Waals surface area (Å²) in [5, 5.41) is 0.286. The normalized spacial score (nSPS) is 13.0. The number of anilines is 4. The smallest absolute Gasteiger partial charge is 0.416 e. The highest BCUT2D eigenvalue weighted by Gasteiger charge is 2.36. The number of benzene rings is 3. The Bertz CT molecular complexity index is 1680. The van der Waals surface area contributed by atoms with Gasteiger partial charge in [-0.2, -0.15) is 0 Å². The molecule has 0 radical (unpaired) electrons. The number of aromatic nitrogens is 1. The summed E-state index contributed by atoms with van der Waals surface area (Å²) in [4.78, 5) is 36.5. The Labute approximate surface area is 255 Å². The van der Waals surface area contributed by atoms with Gasteiger partial charge in [0.1, 0.15) is 23.0 Å². The maximum absolute atomic E-state index is 15.1. The molecule has 1 aromatic heterocycles. The van der Waals surface area contributed by atoms with Crippen molar-refractivity contribution in [1.29, 1.82) is 0 Å². The molecule has 0 N–H and O–H groups in total. The van der Waals surface area contributed by atoms with Gasteiger partial charge in [-0.3, -0.25) is 14.7 Å². The molecule has 3 amide bonds. The number of pyridine rings is 1. The number of hydrogen-bond donors (Lipinski definition) is 0. The minimum absolute atomic E-state index is 0.0224. The topological polar surface area (TPSA) is 75.2 Å². The van der Waals surface area contributed by atoms with Crippen LogP contribution in [0.2, 0.25) is 5.02 Å². The molecule has 2 heterocycles. The van der Waals surface area contributed by atoms with Gasteiger partial charge >= 0.3 is 12.1 Å². The maximum atomic E-state index is 15.1. The van der Waals surface area contributed by atoms with Gasteiger partial charge in [-0.15, -0.1) is 0 Å². The Kier molecular flexibility index (Phi) is 8.28. The maximum Gasteiger partial charge on any atom is 0.416 e. The van der Waals surface area contributed by atoms with Crippen LogP contribution >= 0.6 is 11.6 Å². The number of hydrogen-bond acceptors (Lipinski definition) is 5. The van der Waals surface area contributed by atoms with E-state index < -0.39 is 23.5 Å². The summed E-state index contributed by atoms with van der Waals surface area (Å²) < 4.78 is 26.2. The molecule has 43 heavy (non-hydrogen) atoms. The van der Waals surface area contributed by atoms with Crippen LogP contribution in [0.4, 0.5) is 36.9 Å². The van der Waals surface area contributed by atoms with Crippen LogP contribution in [-0.4, -0.2) is 29.8 Å². The highest BCUT2D eigenvalue weighted by atomic mass is 35.5. The molecule has 1 aliphatic heterocycles. The van der Waals surface area contributed by atoms with Crippen molar-refractivity contribution in [3.8, 4) is 5.75 Å². The van der Waals surface area contributed by atoms with Gasteiger partial charge in [-0.1, -0.05) is 35.9 Å². The number of amides is 3. The number of ether oxygens (including phenoxy) is 2. The zero-order valence-corrected chi connectivity index (χ0v) is 25.4. The molecule has 0 spiro atoms. The molecule has 0 aliphatic carbocycles. The van der Waals surface area contributed by atoms with E-state index in [9.17, 15) is 9.59 Å². The standard InChI is InChI=1S/C33H32ClFN4O4/c1-21-17-25(42-5)13-11-22(21)19-38(32(41)43-33(2,3)4)30-16-15-28-27(36-30)20-37(29-18-23(34)12-14-26(29)35)31(40)39(28)24-9-7-6-8-10-24/h6-18H,19-20H2,1-5H3. The van der Waals surface area contributed by atoms with Gasteiger partial charge < -0.3 is 9.47 Å². The van der Waals surface area contributed by atoms with E-state index >= 15 is 4.39 Å². The van der Waals surface area contributed by atoms with Gasteiger partial charge in [0.25, 0.3) is 0 Å². The van der Waals surface area contributed by atoms with Crippen molar-refractivity contribution in [3.05, 3.63) is 107 Å². The Hall–Kier alpha value is -4.63. The van der Waals surface area contributed by atoms with Crippen LogP contribution in [-0.2, 0) is 17.8 Å². The van der Waals surface area contributed by atoms with E-state index in [2.05, 4.69) is 0 Å². The SMILES string of the molecule is COc1ccc(CN(C(=O)OC(C)(C)C)c2ccc3c(n2)CN(c2cc(Cl)ccc2F)C(=O)N3c2ccccc2)c(C)c1. The van der Waals surface area contributed by atoms with Crippen molar-refractivity contribution in [2.45, 2.75) is 46.4 Å². The lowest BCUT2D eigenvalue weighted by Crippen LogP contribution is -2.46. The predicted molar refractivity (Wildman–Crippen MR) is 166 cm³/mol. The van der Waals surface area contributed by atoms with Gasteiger partial charge in [0.15, 0.2) is 0 Å². The van der Waals surface area contributed by atoms with Crippen molar-refractivity contribution in [3.63, 3.8) is 0 Å². The fourth-order valence-electron chi connectivity index (χ4n) is 4.80. The number of methoxy groups -OCH3 is 1. The third-order valence-electron chi connectivity index (χ3n) is 6.89. The number of nitrogens with zero attached hydrogens (tertiary/aromatic N) is 4. The molecule has 0 atom stereocenters. The van der Waals surface area contributed by atoms with Gasteiger partial charge in [-0.25, -0.2) is 19.0 Å². The molecule has 5 rings (SSSR count). The zero-order valence-electron chi connectivity index (χ0n) is 24.6. The summed E-state index contributed by atoms with van der Waals surface area (Å²) in [6.07, 6.45) is -0.584. The average Bonchev–Trinajstić information content (AvgIpc) is 2.97. The number of urea groups is 1. The summed E-state index contributed by atoms with van der Waals surface area (Å²) in [7, 11) is 1.60. The first kappa shape index (κ1) is 29.8. The fraction of sp³-hybridized carbons (Fsp3) is 0.242. The third kappa shape index (κ3) is 6.41. The quantitative estimate of drug-likeness (QED) is 0.221. The molecule has 8 nitrogen and oxygen atoms in total. The minimum Gasteiger partial charge on any atom is -0.497 e. The van der Waals surface area contributed by atoms with Crippen molar-refractivity contribution >= 4 is 46.6 Å². The highest BCUT2D eigenvalue weighted by Crippen LogP contribution is 2.39. The second kappa shape index (κ2) is 11.9. The van der Waals surface area contributed by atoms with E-state index in [-0.39, 0.29) is 23.8 Å². The molecule has 1 aliphatic rings. The first-order valence-corrected chi connectivity index (χ1v) is 14.1. The molecule has 0 bridgehead atoms. The molecule has 4 aromatic rings. The first-order chi connectivity index (χ1) is 20.4. The predicted octanol–water partition coefficient (Wildman–Crippen LogP) is 8.41. The van der Waals surface area contributed by atoms with Gasteiger partial charge in [0.05, 0.1) is 43.0 Å². The molecular formula is C33H32ClFN4O4. The second-order valence-corrected chi connectivity index (χ2v) is 11.6. The van der Waals surface area contributed by atoms with E-state index in [1.165, 1.54) is 32.9 Å². The van der Waals surface area contributed by atoms with E-state index in [0.717, 1.165) is 11.1 Å². The van der Waals surface area contributed by atoms with Gasteiger partial charge in [0, 0.05) is 5.02 Å². The first-order valence-electron chi connectivity index (χ1n) is 13.7. The lowest BCUT2D eigenvalue weighted by atomic mass is 10.1. The van der Waals surface area contributed by atoms with E-state index in [1.807, 2.05) is 43.3 Å². The van der Waals surface area contributed by atoms with E-state index in [1.54, 1.807) is 52.1 Å². The number of aryl methyl sites for hydroxylation is 1. The molecule has 10 heteroatoms. The molecule has 3 aromatic carbocycles. The van der Waals surface area contributed by atoms with Crippen LogP contribution in [0.3, 0.4) is 0 Å². The van der Waals surface area contributed by atoms with Crippen molar-refractivity contribution in [2.24, 2.45) is 0 Å². The number of fused-ring (bicyclic) bond motifs is 1. The van der Waals surface area contributed by atoms with E-state index in [4.69, 9.17) is 26.1 Å². The van der Waals surface area contributed by atoms with Crippen LogP contribution in [0.1, 0.15) is 37.6 Å². The van der Waals surface area contributed by atoms with Crippen LogP contribution in [0, 0.1) is 12.7 Å². The molecule has 0 unspecified atom stereocenters. The molecule has 222 valence electrons. The molecule has 0 saturated heterocycles. The van der Waals surface area contributed by atoms with Crippen molar-refractivity contribution < 1.29 is 23.5 Å². The largest absolute Gasteiger partial charge is 0.497 e. The van der Waals surface area contributed by atoms with Gasteiger partial charge in [0.2, 0.25) is 0 Å². The summed E-state index contributed by atoms with van der Waals surface area (Å²) >= 11 is 6.20. The lowest BCUT2D eigenvalue weighted by Gasteiger charge is -2.37. The van der Waals surface area contributed by atoms with Crippen molar-refractivity contribution in [2.75, 3.05) is 21.8 Å². The summed E-state index contributed by atoms with van der Waals surface area (Å²) in [6.45, 7) is 7.44. The number of carbonyl (C=O) groups is 2. The third-order valence-corrected chi connectivity index (χ3v) is 7.12. The Morgan fingerprint density at radius 1 is 1.02 bits per heavy atom. The average molecular weight is 603 g/mol. The summed E-state index contributed by atoms with van der Waals surface area (Å²) in [5.41, 5.74) is 2.62. The Balaban J connectivity index is 1.62. The second-order valence-electron chi connectivity index (χ2n) is 11.1. The highest BCUT2D eigenvalue weighted by molar-refractivity contribution is 6.31. The molecule has 0 saturated carbocycles. The Morgan fingerprint density at radius 2 is 1.77 bits per heavy atom. The summed E-state index contributed by atoms with van der Waals surface area (Å²) in [6, 6.07) is 21.7. The number of para-hydroxylation sites is 1. The van der Waals surface area contributed by atoms with Crippen LogP contribution in [0.5, 0.6) is 5.75 Å². The van der Waals surface area contributed by atoms with Crippen LogP contribution in [0.25, 0.3) is 0 Å². The zero-order chi connectivity index (χ0) is 30.9. The molecular weight excluding hydrogens is 571 g/mol. The van der Waals surface area contributed by atoms with Gasteiger partial charge in [-0.05, 0) is 93.4 Å². The Morgan fingerprint density at radius 3 is 2.44 bits per heavy atom. The summed E-state index contributed by atoms with van der Waals surface area (Å²) in [5.74, 6) is 0.420. The van der Waals surface area contributed by atoms with Crippen molar-refractivity contribution in [1.82, 2.24) is 4.98 Å². The fourth-order valence-corrected chi connectivity index (χ4v) is 4.97. The number of carbonyl (C=O) groups excluding carboxylic acids is 2. The number of rotatable bonds is 6. The lowest BCUT2D eigenvalue weighted by molar-refractivity contribution is 0.0576. The molecule has 0 fully saturated rings. The van der Waals surface area contributed by atoms with Crippen LogP contribution in [0.15, 0.2) is 78.9 Å². The van der Waals surface area contributed by atoms with Crippen LogP contribution < -0.4 is 19.4 Å². The monoisotopic (exact) mass is 602 g/mol.